The van der Waals surface area contributed by atoms with Gasteiger partial charge in [-0.15, -0.1) is 0 Å². The Morgan fingerprint density at radius 3 is 2.00 bits per heavy atom. The zero-order valence-corrected chi connectivity index (χ0v) is 19.2. The van der Waals surface area contributed by atoms with Crippen molar-refractivity contribution in [3.63, 3.8) is 0 Å². The highest BCUT2D eigenvalue weighted by atomic mass is 16.5. The van der Waals surface area contributed by atoms with Gasteiger partial charge in [0.1, 0.15) is 17.2 Å². The minimum Gasteiger partial charge on any atom is -0.497 e. The molecule has 1 aliphatic rings. The molecule has 0 bridgehead atoms. The van der Waals surface area contributed by atoms with Gasteiger partial charge in [0.15, 0.2) is 11.5 Å². The number of hydrogen-bond donors (Lipinski definition) is 1. The third-order valence-corrected chi connectivity index (χ3v) is 5.44. The number of anilines is 2. The van der Waals surface area contributed by atoms with Crippen LogP contribution in [0.25, 0.3) is 5.57 Å². The molecule has 1 heterocycles. The molecule has 8 heteroatoms. The van der Waals surface area contributed by atoms with E-state index in [4.69, 9.17) is 18.9 Å². The van der Waals surface area contributed by atoms with E-state index in [1.54, 1.807) is 55.6 Å². The first kappa shape index (κ1) is 22.7. The Labute approximate surface area is 197 Å². The van der Waals surface area contributed by atoms with Crippen molar-refractivity contribution in [1.82, 2.24) is 0 Å². The summed E-state index contributed by atoms with van der Waals surface area (Å²) in [5.41, 5.74) is 1.81. The molecule has 0 radical (unpaired) electrons. The number of amides is 2. The van der Waals surface area contributed by atoms with Crippen LogP contribution in [0, 0.1) is 0 Å². The molecule has 3 aromatic carbocycles. The van der Waals surface area contributed by atoms with Gasteiger partial charge >= 0.3 is 0 Å². The summed E-state index contributed by atoms with van der Waals surface area (Å²) in [6.45, 7) is 0. The van der Waals surface area contributed by atoms with Gasteiger partial charge in [0.2, 0.25) is 0 Å². The first-order valence-electron chi connectivity index (χ1n) is 10.4. The van der Waals surface area contributed by atoms with Crippen LogP contribution in [-0.2, 0) is 9.59 Å². The lowest BCUT2D eigenvalue weighted by Crippen LogP contribution is -2.32. The lowest BCUT2D eigenvalue weighted by molar-refractivity contribution is -0.120. The van der Waals surface area contributed by atoms with E-state index in [9.17, 15) is 9.59 Å². The van der Waals surface area contributed by atoms with E-state index in [1.165, 1.54) is 21.3 Å². The van der Waals surface area contributed by atoms with Crippen molar-refractivity contribution in [2.75, 3.05) is 38.7 Å². The zero-order chi connectivity index (χ0) is 24.2. The molecule has 0 aromatic heterocycles. The van der Waals surface area contributed by atoms with Crippen molar-refractivity contribution in [3.8, 4) is 23.0 Å². The average molecular weight is 460 g/mol. The number of hydrogen-bond acceptors (Lipinski definition) is 7. The fourth-order valence-electron chi connectivity index (χ4n) is 3.76. The second kappa shape index (κ2) is 9.58. The highest BCUT2D eigenvalue weighted by Gasteiger charge is 2.40. The molecule has 0 spiro atoms. The summed E-state index contributed by atoms with van der Waals surface area (Å²) in [6, 6.07) is 19.1. The van der Waals surface area contributed by atoms with Gasteiger partial charge in [0.25, 0.3) is 11.8 Å². The van der Waals surface area contributed by atoms with Crippen molar-refractivity contribution in [2.45, 2.75) is 0 Å². The Morgan fingerprint density at radius 1 is 0.676 bits per heavy atom. The SMILES string of the molecule is COc1ccc(OC)c(NC2=C(c3ccccc3)C(=O)N(c3ccc(OC)c(OC)c3)C2=O)c1. The van der Waals surface area contributed by atoms with E-state index in [0.29, 0.717) is 39.9 Å². The van der Waals surface area contributed by atoms with Gasteiger partial charge in [0.05, 0.1) is 45.4 Å². The van der Waals surface area contributed by atoms with Crippen LogP contribution < -0.4 is 29.2 Å². The molecule has 1 aliphatic heterocycles. The maximum absolute atomic E-state index is 13.7. The maximum atomic E-state index is 13.7. The second-order valence-electron chi connectivity index (χ2n) is 7.29. The van der Waals surface area contributed by atoms with Crippen molar-refractivity contribution in [1.29, 1.82) is 0 Å². The van der Waals surface area contributed by atoms with E-state index >= 15 is 0 Å². The molecular weight excluding hydrogens is 436 g/mol. The summed E-state index contributed by atoms with van der Waals surface area (Å²) < 4.78 is 21.4. The first-order chi connectivity index (χ1) is 16.5. The van der Waals surface area contributed by atoms with Crippen LogP contribution in [0.5, 0.6) is 23.0 Å². The summed E-state index contributed by atoms with van der Waals surface area (Å²) in [6.07, 6.45) is 0. The monoisotopic (exact) mass is 460 g/mol. The molecule has 2 amide bonds. The van der Waals surface area contributed by atoms with Crippen molar-refractivity contribution in [3.05, 3.63) is 78.0 Å². The summed E-state index contributed by atoms with van der Waals surface area (Å²) in [7, 11) is 6.08. The minimum atomic E-state index is -0.513. The highest BCUT2D eigenvalue weighted by molar-refractivity contribution is 6.46. The van der Waals surface area contributed by atoms with E-state index in [0.717, 1.165) is 4.90 Å². The fourth-order valence-corrected chi connectivity index (χ4v) is 3.76. The van der Waals surface area contributed by atoms with Crippen LogP contribution in [0.1, 0.15) is 5.56 Å². The third kappa shape index (κ3) is 4.01. The number of methoxy groups -OCH3 is 4. The molecule has 0 unspecified atom stereocenters. The maximum Gasteiger partial charge on any atom is 0.282 e. The van der Waals surface area contributed by atoms with E-state index in [1.807, 2.05) is 18.2 Å². The molecule has 0 saturated heterocycles. The number of carbonyl (C=O) groups excluding carboxylic acids is 2. The summed E-state index contributed by atoms with van der Waals surface area (Å²) in [5, 5.41) is 3.12. The second-order valence-corrected chi connectivity index (χ2v) is 7.29. The van der Waals surface area contributed by atoms with Crippen LogP contribution in [0.4, 0.5) is 11.4 Å². The number of benzene rings is 3. The summed E-state index contributed by atoms with van der Waals surface area (Å²) in [4.78, 5) is 28.4. The minimum absolute atomic E-state index is 0.123. The van der Waals surface area contributed by atoms with E-state index in [-0.39, 0.29) is 11.3 Å². The summed E-state index contributed by atoms with van der Waals surface area (Å²) >= 11 is 0. The largest absolute Gasteiger partial charge is 0.497 e. The number of nitrogens with one attached hydrogen (secondary N) is 1. The van der Waals surface area contributed by atoms with Crippen molar-refractivity contribution in [2.24, 2.45) is 0 Å². The van der Waals surface area contributed by atoms with Gasteiger partial charge in [-0.1, -0.05) is 30.3 Å². The molecule has 34 heavy (non-hydrogen) atoms. The van der Waals surface area contributed by atoms with Crippen molar-refractivity contribution >= 4 is 28.8 Å². The normalized spacial score (nSPS) is 13.2. The van der Waals surface area contributed by atoms with Gasteiger partial charge in [-0.05, 0) is 29.8 Å². The molecule has 1 N–H and O–H groups in total. The summed E-state index contributed by atoms with van der Waals surface area (Å²) in [5.74, 6) is 0.969. The van der Waals surface area contributed by atoms with Gasteiger partial charge in [-0.3, -0.25) is 9.59 Å². The van der Waals surface area contributed by atoms with Crippen molar-refractivity contribution < 1.29 is 28.5 Å². The predicted molar refractivity (Wildman–Crippen MR) is 129 cm³/mol. The molecule has 0 fully saturated rings. The molecule has 0 aliphatic carbocycles. The predicted octanol–water partition coefficient (Wildman–Crippen LogP) is 4.12. The Balaban J connectivity index is 1.83. The van der Waals surface area contributed by atoms with E-state index in [2.05, 4.69) is 5.32 Å². The average Bonchev–Trinajstić information content (AvgIpc) is 3.12. The number of nitrogens with zero attached hydrogens (tertiary/aromatic N) is 1. The van der Waals surface area contributed by atoms with Crippen LogP contribution in [-0.4, -0.2) is 40.3 Å². The quantitative estimate of drug-likeness (QED) is 0.506. The molecular formula is C26H24N2O6. The Hall–Kier alpha value is -4.46. The van der Waals surface area contributed by atoms with E-state index < -0.39 is 11.8 Å². The number of ether oxygens (including phenoxy) is 4. The van der Waals surface area contributed by atoms with Gasteiger partial charge in [-0.25, -0.2) is 4.90 Å². The standard InChI is InChI=1S/C26H24N2O6/c1-31-18-11-13-20(32-2)19(15-18)27-24-23(16-8-6-5-7-9-16)25(29)28(26(24)30)17-10-12-21(33-3)22(14-17)34-4/h5-15,27H,1-4H3. The fraction of sp³-hybridized carbons (Fsp3) is 0.154. The molecule has 3 aromatic rings. The lowest BCUT2D eigenvalue weighted by Gasteiger charge is -2.18. The lowest BCUT2D eigenvalue weighted by atomic mass is 10.0. The van der Waals surface area contributed by atoms with Crippen LogP contribution in [0.2, 0.25) is 0 Å². The third-order valence-electron chi connectivity index (χ3n) is 5.44. The highest BCUT2D eigenvalue weighted by Crippen LogP contribution is 2.39. The number of rotatable bonds is 8. The Kier molecular flexibility index (Phi) is 6.40. The van der Waals surface area contributed by atoms with Crippen LogP contribution >= 0.6 is 0 Å². The molecule has 8 nitrogen and oxygen atoms in total. The molecule has 4 rings (SSSR count). The van der Waals surface area contributed by atoms with Crippen LogP contribution in [0.15, 0.2) is 72.4 Å². The Bertz CT molecular complexity index is 1270. The smallest absolute Gasteiger partial charge is 0.282 e. The topological polar surface area (TPSA) is 86.3 Å². The first-order valence-corrected chi connectivity index (χ1v) is 10.4. The molecule has 174 valence electrons. The Morgan fingerprint density at radius 2 is 1.35 bits per heavy atom. The van der Waals surface area contributed by atoms with Gasteiger partial charge in [-0.2, -0.15) is 0 Å². The number of imide groups is 1. The zero-order valence-electron chi connectivity index (χ0n) is 19.2. The number of carbonyl (C=O) groups is 2. The van der Waals surface area contributed by atoms with Gasteiger partial charge < -0.3 is 24.3 Å². The van der Waals surface area contributed by atoms with Crippen LogP contribution in [0.3, 0.4) is 0 Å². The molecule has 0 saturated carbocycles. The molecule has 0 atom stereocenters. The van der Waals surface area contributed by atoms with Gasteiger partial charge in [0, 0.05) is 12.1 Å².